The molecule has 0 bridgehead atoms. The number of nitrogen functional groups attached to an aromatic ring is 1. The number of hydrogen-bond acceptors (Lipinski definition) is 4. The fourth-order valence-electron chi connectivity index (χ4n) is 2.40. The van der Waals surface area contributed by atoms with Gasteiger partial charge in [0.1, 0.15) is 5.82 Å². The topological polar surface area (TPSA) is 63.8 Å². The standard InChI is InChI=1S/C14H14Cl2N4/c15-10-5-4-8(7-11(10)16)12-9-3-1-2-6-18-13(9)20-14(17)19-12/h4-5,7H,1-3,6H2,(H3,17,18,19,20). The lowest BCUT2D eigenvalue weighted by atomic mass is 10.0. The fraction of sp³-hybridized carbons (Fsp3) is 0.286. The first-order valence-corrected chi connectivity index (χ1v) is 7.26. The minimum Gasteiger partial charge on any atom is -0.370 e. The molecule has 1 aliphatic heterocycles. The zero-order valence-electron chi connectivity index (χ0n) is 10.8. The second-order valence-corrected chi connectivity index (χ2v) is 5.58. The van der Waals surface area contributed by atoms with Crippen molar-refractivity contribution in [3.05, 3.63) is 33.8 Å². The summed E-state index contributed by atoms with van der Waals surface area (Å²) in [5, 5.41) is 4.35. The number of hydrogen-bond donors (Lipinski definition) is 2. The molecular weight excluding hydrogens is 295 g/mol. The number of aromatic nitrogens is 2. The van der Waals surface area contributed by atoms with Gasteiger partial charge in [-0.05, 0) is 31.4 Å². The number of halogens is 2. The monoisotopic (exact) mass is 308 g/mol. The number of nitrogens with two attached hydrogens (primary N) is 1. The van der Waals surface area contributed by atoms with Crippen molar-refractivity contribution >= 4 is 35.0 Å². The Morgan fingerprint density at radius 2 is 1.95 bits per heavy atom. The summed E-state index contributed by atoms with van der Waals surface area (Å²) in [5.41, 5.74) is 8.65. The van der Waals surface area contributed by atoms with Crippen molar-refractivity contribution in [3.8, 4) is 11.3 Å². The van der Waals surface area contributed by atoms with Crippen molar-refractivity contribution in [3.63, 3.8) is 0 Å². The smallest absolute Gasteiger partial charge is 0.222 e. The van der Waals surface area contributed by atoms with Crippen LogP contribution in [0.4, 0.5) is 11.8 Å². The number of fused-ring (bicyclic) bond motifs is 1. The maximum Gasteiger partial charge on any atom is 0.222 e. The molecule has 0 spiro atoms. The molecule has 3 rings (SSSR count). The molecule has 3 N–H and O–H groups in total. The molecule has 4 nitrogen and oxygen atoms in total. The van der Waals surface area contributed by atoms with Crippen molar-refractivity contribution < 1.29 is 0 Å². The molecule has 1 aliphatic rings. The molecule has 1 aromatic heterocycles. The Morgan fingerprint density at radius 3 is 2.75 bits per heavy atom. The lowest BCUT2D eigenvalue weighted by Crippen LogP contribution is -2.07. The third-order valence-electron chi connectivity index (χ3n) is 3.36. The van der Waals surface area contributed by atoms with Crippen LogP contribution in [0.25, 0.3) is 11.3 Å². The quantitative estimate of drug-likeness (QED) is 0.841. The average Bonchev–Trinajstić information content (AvgIpc) is 2.66. The van der Waals surface area contributed by atoms with E-state index in [0.717, 1.165) is 48.4 Å². The highest BCUT2D eigenvalue weighted by molar-refractivity contribution is 6.42. The van der Waals surface area contributed by atoms with E-state index in [2.05, 4.69) is 15.3 Å². The van der Waals surface area contributed by atoms with Gasteiger partial charge < -0.3 is 11.1 Å². The van der Waals surface area contributed by atoms with Crippen LogP contribution in [0.15, 0.2) is 18.2 Å². The fourth-order valence-corrected chi connectivity index (χ4v) is 2.70. The molecule has 0 amide bonds. The Labute approximate surface area is 127 Å². The zero-order chi connectivity index (χ0) is 14.1. The number of nitrogens with one attached hydrogen (secondary N) is 1. The SMILES string of the molecule is Nc1nc2c(c(-c3ccc(Cl)c(Cl)c3)n1)CCCCN2. The Bertz CT molecular complexity index is 658. The number of benzene rings is 1. The van der Waals surface area contributed by atoms with Gasteiger partial charge in [0.15, 0.2) is 0 Å². The number of rotatable bonds is 1. The van der Waals surface area contributed by atoms with Gasteiger partial charge in [-0.1, -0.05) is 29.3 Å². The van der Waals surface area contributed by atoms with Crippen LogP contribution in [0.2, 0.25) is 10.0 Å². The Hall–Kier alpha value is -1.52. The van der Waals surface area contributed by atoms with E-state index in [4.69, 9.17) is 28.9 Å². The molecule has 0 unspecified atom stereocenters. The van der Waals surface area contributed by atoms with Crippen LogP contribution in [0.1, 0.15) is 18.4 Å². The minimum atomic E-state index is 0.263. The third-order valence-corrected chi connectivity index (χ3v) is 4.10. The lowest BCUT2D eigenvalue weighted by Gasteiger charge is -2.13. The van der Waals surface area contributed by atoms with E-state index in [1.54, 1.807) is 6.07 Å². The Kier molecular flexibility index (Phi) is 3.68. The van der Waals surface area contributed by atoms with Gasteiger partial charge in [-0.3, -0.25) is 0 Å². The van der Waals surface area contributed by atoms with E-state index < -0.39 is 0 Å². The molecule has 20 heavy (non-hydrogen) atoms. The first-order chi connectivity index (χ1) is 9.65. The van der Waals surface area contributed by atoms with Crippen LogP contribution < -0.4 is 11.1 Å². The second-order valence-electron chi connectivity index (χ2n) is 4.77. The van der Waals surface area contributed by atoms with Crippen LogP contribution in [-0.2, 0) is 6.42 Å². The van der Waals surface area contributed by atoms with E-state index in [1.807, 2.05) is 12.1 Å². The molecule has 0 fully saturated rings. The maximum atomic E-state index is 6.10. The van der Waals surface area contributed by atoms with Crippen molar-refractivity contribution in [2.75, 3.05) is 17.6 Å². The van der Waals surface area contributed by atoms with Gasteiger partial charge in [0.25, 0.3) is 0 Å². The van der Waals surface area contributed by atoms with Gasteiger partial charge in [0.05, 0.1) is 15.7 Å². The first-order valence-electron chi connectivity index (χ1n) is 6.51. The Morgan fingerprint density at radius 1 is 1.10 bits per heavy atom. The van der Waals surface area contributed by atoms with Gasteiger partial charge in [-0.15, -0.1) is 0 Å². The van der Waals surface area contributed by atoms with Crippen molar-refractivity contribution in [1.29, 1.82) is 0 Å². The first kappa shape index (κ1) is 13.5. The lowest BCUT2D eigenvalue weighted by molar-refractivity contribution is 0.785. The van der Waals surface area contributed by atoms with Gasteiger partial charge in [0.2, 0.25) is 5.95 Å². The van der Waals surface area contributed by atoms with E-state index in [1.165, 1.54) is 0 Å². The number of nitrogens with zero attached hydrogens (tertiary/aromatic N) is 2. The van der Waals surface area contributed by atoms with Gasteiger partial charge in [0, 0.05) is 17.7 Å². The van der Waals surface area contributed by atoms with Crippen LogP contribution >= 0.6 is 23.2 Å². The highest BCUT2D eigenvalue weighted by atomic mass is 35.5. The molecule has 0 atom stereocenters. The van der Waals surface area contributed by atoms with Crippen LogP contribution in [0.5, 0.6) is 0 Å². The van der Waals surface area contributed by atoms with Crippen molar-refractivity contribution in [2.24, 2.45) is 0 Å². The predicted octanol–water partition coefficient (Wildman–Crippen LogP) is 3.78. The molecule has 2 aromatic rings. The summed E-state index contributed by atoms with van der Waals surface area (Å²) in [5.74, 6) is 1.09. The van der Waals surface area contributed by atoms with E-state index in [0.29, 0.717) is 10.0 Å². The molecule has 0 aliphatic carbocycles. The van der Waals surface area contributed by atoms with E-state index in [9.17, 15) is 0 Å². The number of anilines is 2. The molecule has 6 heteroatoms. The third kappa shape index (κ3) is 2.53. The summed E-state index contributed by atoms with van der Waals surface area (Å²) in [6.07, 6.45) is 3.14. The van der Waals surface area contributed by atoms with Crippen molar-refractivity contribution in [2.45, 2.75) is 19.3 Å². The van der Waals surface area contributed by atoms with E-state index >= 15 is 0 Å². The second kappa shape index (κ2) is 5.46. The highest BCUT2D eigenvalue weighted by Crippen LogP contribution is 2.33. The summed E-state index contributed by atoms with van der Waals surface area (Å²) in [6.45, 7) is 0.907. The average molecular weight is 309 g/mol. The molecular formula is C14H14Cl2N4. The molecule has 104 valence electrons. The molecule has 0 saturated heterocycles. The van der Waals surface area contributed by atoms with Crippen molar-refractivity contribution in [1.82, 2.24) is 9.97 Å². The van der Waals surface area contributed by atoms with Gasteiger partial charge in [-0.2, -0.15) is 4.98 Å². The minimum absolute atomic E-state index is 0.263. The molecule has 1 aromatic carbocycles. The van der Waals surface area contributed by atoms with Crippen LogP contribution in [0.3, 0.4) is 0 Å². The molecule has 0 radical (unpaired) electrons. The van der Waals surface area contributed by atoms with Gasteiger partial charge in [-0.25, -0.2) is 4.98 Å². The van der Waals surface area contributed by atoms with Crippen LogP contribution in [0, 0.1) is 0 Å². The maximum absolute atomic E-state index is 6.10. The largest absolute Gasteiger partial charge is 0.370 e. The van der Waals surface area contributed by atoms with E-state index in [-0.39, 0.29) is 5.95 Å². The summed E-state index contributed by atoms with van der Waals surface area (Å²) >= 11 is 12.1. The molecule has 0 saturated carbocycles. The zero-order valence-corrected chi connectivity index (χ0v) is 12.3. The van der Waals surface area contributed by atoms with Crippen LogP contribution in [-0.4, -0.2) is 16.5 Å². The molecule has 2 heterocycles. The summed E-state index contributed by atoms with van der Waals surface area (Å²) in [6, 6.07) is 5.49. The normalized spacial score (nSPS) is 14.3. The summed E-state index contributed by atoms with van der Waals surface area (Å²) in [4.78, 5) is 8.69. The van der Waals surface area contributed by atoms with Gasteiger partial charge >= 0.3 is 0 Å². The summed E-state index contributed by atoms with van der Waals surface area (Å²) in [7, 11) is 0. The summed E-state index contributed by atoms with van der Waals surface area (Å²) < 4.78 is 0. The highest BCUT2D eigenvalue weighted by Gasteiger charge is 2.17. The predicted molar refractivity (Wildman–Crippen MR) is 83.3 cm³/mol. The Balaban J connectivity index is 2.17.